The van der Waals surface area contributed by atoms with E-state index in [1.54, 1.807) is 0 Å². The highest BCUT2D eigenvalue weighted by Crippen LogP contribution is 2.36. The van der Waals surface area contributed by atoms with Gasteiger partial charge >= 0.3 is 0 Å². The summed E-state index contributed by atoms with van der Waals surface area (Å²) in [4.78, 5) is 30.0. The number of para-hydroxylation sites is 1. The van der Waals surface area contributed by atoms with E-state index in [4.69, 9.17) is 34.3 Å². The minimum atomic E-state index is -0.0433. The van der Waals surface area contributed by atoms with Crippen LogP contribution in [0.4, 0.5) is 0 Å². The lowest BCUT2D eigenvalue weighted by Crippen LogP contribution is -2.09. The first-order chi connectivity index (χ1) is 27.2. The Morgan fingerprint density at radius 3 is 1.53 bits per heavy atom. The topological polar surface area (TPSA) is 90.5 Å². The minimum absolute atomic E-state index is 0.0433. The fourth-order valence-electron chi connectivity index (χ4n) is 7.13. The lowest BCUT2D eigenvalue weighted by Gasteiger charge is -2.19. The van der Waals surface area contributed by atoms with E-state index in [2.05, 4.69) is 60.7 Å². The minimum Gasteiger partial charge on any atom is -0.456 e. The molecule has 0 N–H and O–H groups in total. The molecule has 1 unspecified atom stereocenters. The van der Waals surface area contributed by atoms with Gasteiger partial charge in [0.05, 0.1) is 0 Å². The number of allylic oxidation sites excluding steroid dienone is 4. The largest absolute Gasteiger partial charge is 0.456 e. The second-order valence-electron chi connectivity index (χ2n) is 13.5. The molecular weight excluding hydrogens is 677 g/mol. The monoisotopic (exact) mass is 708 g/mol. The highest BCUT2D eigenvalue weighted by Gasteiger charge is 2.22. The molecule has 6 aromatic carbocycles. The third-order valence-corrected chi connectivity index (χ3v) is 9.92. The second kappa shape index (κ2) is 13.9. The van der Waals surface area contributed by atoms with E-state index >= 15 is 0 Å². The zero-order valence-corrected chi connectivity index (χ0v) is 29.6. The standard InChI is InChI=1S/C48H32N6O/c1-4-14-31(15-5-1)43-49-44(32-16-6-2-7-17-32)51-46(50-43)36-22-12-20-34(28-36)35-21-13-23-37(29-35)47-52-45(33-18-8-3-9-19-33)53-48(54-47)38-26-27-40-39-24-10-11-25-41(39)55-42(40)30-38/h1-27,29-30,36H,28H2. The molecule has 0 radical (unpaired) electrons. The molecule has 3 heterocycles. The molecule has 7 heteroatoms. The number of fused-ring (bicyclic) bond motifs is 3. The summed E-state index contributed by atoms with van der Waals surface area (Å²) in [6.45, 7) is 0. The predicted molar refractivity (Wildman–Crippen MR) is 219 cm³/mol. The molecule has 0 spiro atoms. The van der Waals surface area contributed by atoms with Crippen molar-refractivity contribution in [3.05, 3.63) is 187 Å². The highest BCUT2D eigenvalue weighted by atomic mass is 16.3. The maximum Gasteiger partial charge on any atom is 0.164 e. The van der Waals surface area contributed by atoms with Crippen molar-refractivity contribution in [2.75, 3.05) is 0 Å². The van der Waals surface area contributed by atoms with Crippen molar-refractivity contribution in [2.24, 2.45) is 0 Å². The van der Waals surface area contributed by atoms with Crippen LogP contribution < -0.4 is 0 Å². The molecule has 0 fully saturated rings. The third kappa shape index (κ3) is 6.38. The third-order valence-electron chi connectivity index (χ3n) is 9.92. The smallest absolute Gasteiger partial charge is 0.164 e. The van der Waals surface area contributed by atoms with Crippen LogP contribution in [0.3, 0.4) is 0 Å². The predicted octanol–water partition coefficient (Wildman–Crippen LogP) is 11.4. The Hall–Kier alpha value is -7.38. The molecule has 260 valence electrons. The van der Waals surface area contributed by atoms with Gasteiger partial charge in [-0.2, -0.15) is 0 Å². The summed E-state index contributed by atoms with van der Waals surface area (Å²) in [7, 11) is 0. The Labute approximate surface area is 317 Å². The van der Waals surface area contributed by atoms with Gasteiger partial charge in [-0.25, -0.2) is 29.9 Å². The normalized spacial score (nSPS) is 14.0. The van der Waals surface area contributed by atoms with Crippen molar-refractivity contribution in [3.8, 4) is 56.9 Å². The Balaban J connectivity index is 1.01. The van der Waals surface area contributed by atoms with Gasteiger partial charge < -0.3 is 4.42 Å². The summed E-state index contributed by atoms with van der Waals surface area (Å²) in [6, 6.07) is 52.9. The molecular formula is C48H32N6O. The molecule has 0 bridgehead atoms. The van der Waals surface area contributed by atoms with Gasteiger partial charge in [-0.15, -0.1) is 0 Å². The fraction of sp³-hybridized carbons (Fsp3) is 0.0417. The van der Waals surface area contributed by atoms with Crippen LogP contribution in [0.2, 0.25) is 0 Å². The van der Waals surface area contributed by atoms with E-state index in [1.165, 1.54) is 5.57 Å². The summed E-state index contributed by atoms with van der Waals surface area (Å²) < 4.78 is 6.23. The van der Waals surface area contributed by atoms with E-state index in [-0.39, 0.29) is 5.92 Å². The summed E-state index contributed by atoms with van der Waals surface area (Å²) in [5.74, 6) is 3.80. The Morgan fingerprint density at radius 2 is 0.891 bits per heavy atom. The zero-order valence-electron chi connectivity index (χ0n) is 29.6. The lowest BCUT2D eigenvalue weighted by atomic mass is 9.88. The molecule has 1 aliphatic rings. The van der Waals surface area contributed by atoms with Gasteiger partial charge in [0.1, 0.15) is 17.0 Å². The second-order valence-corrected chi connectivity index (χ2v) is 13.5. The van der Waals surface area contributed by atoms with Crippen molar-refractivity contribution >= 4 is 27.5 Å². The summed E-state index contributed by atoms with van der Waals surface area (Å²) in [5, 5.41) is 2.14. The van der Waals surface area contributed by atoms with Crippen LogP contribution in [0.1, 0.15) is 23.7 Å². The average molecular weight is 709 g/mol. The number of aromatic nitrogens is 6. The molecule has 10 rings (SSSR count). The summed E-state index contributed by atoms with van der Waals surface area (Å²) in [5.41, 5.74) is 8.47. The van der Waals surface area contributed by atoms with Crippen molar-refractivity contribution < 1.29 is 4.42 Å². The molecule has 3 aromatic heterocycles. The molecule has 55 heavy (non-hydrogen) atoms. The van der Waals surface area contributed by atoms with Crippen molar-refractivity contribution in [1.82, 2.24) is 29.9 Å². The van der Waals surface area contributed by atoms with Crippen LogP contribution >= 0.6 is 0 Å². The molecule has 0 aliphatic heterocycles. The number of hydrogen-bond acceptors (Lipinski definition) is 7. The van der Waals surface area contributed by atoms with Crippen molar-refractivity contribution in [2.45, 2.75) is 12.3 Å². The average Bonchev–Trinajstić information content (AvgIpc) is 3.65. The maximum atomic E-state index is 6.23. The SMILES string of the molecule is C1=CC(c2nc(-c3ccccc3)nc(-c3ccccc3)n2)CC(c2cccc(-c3nc(-c4ccccc4)nc(-c4ccc5c(c4)oc4ccccc45)n3)c2)=C1. The van der Waals surface area contributed by atoms with Gasteiger partial charge in [0.2, 0.25) is 0 Å². The first-order valence-electron chi connectivity index (χ1n) is 18.3. The van der Waals surface area contributed by atoms with Gasteiger partial charge in [0, 0.05) is 44.5 Å². The Bertz CT molecular complexity index is 2840. The van der Waals surface area contributed by atoms with Gasteiger partial charge in [0.15, 0.2) is 29.1 Å². The number of furan rings is 1. The molecule has 0 amide bonds. The van der Waals surface area contributed by atoms with E-state index in [9.17, 15) is 0 Å². The van der Waals surface area contributed by atoms with Crippen LogP contribution in [-0.4, -0.2) is 29.9 Å². The molecule has 0 saturated carbocycles. The van der Waals surface area contributed by atoms with Crippen LogP contribution in [0.5, 0.6) is 0 Å². The van der Waals surface area contributed by atoms with Crippen molar-refractivity contribution in [1.29, 1.82) is 0 Å². The number of rotatable bonds is 7. The molecule has 1 atom stereocenters. The molecule has 9 aromatic rings. The number of hydrogen-bond donors (Lipinski definition) is 0. The van der Waals surface area contributed by atoms with Gasteiger partial charge in [0.25, 0.3) is 0 Å². The first kappa shape index (κ1) is 32.3. The molecule has 0 saturated heterocycles. The number of benzene rings is 6. The summed E-state index contributed by atoms with van der Waals surface area (Å²) in [6.07, 6.45) is 7.17. The van der Waals surface area contributed by atoms with Gasteiger partial charge in [-0.05, 0) is 41.8 Å². The Kier molecular flexibility index (Phi) is 8.15. The Morgan fingerprint density at radius 1 is 0.400 bits per heavy atom. The van der Waals surface area contributed by atoms with Crippen LogP contribution in [-0.2, 0) is 0 Å². The summed E-state index contributed by atoms with van der Waals surface area (Å²) >= 11 is 0. The molecule has 1 aliphatic carbocycles. The maximum absolute atomic E-state index is 6.23. The van der Waals surface area contributed by atoms with Crippen LogP contribution in [0, 0.1) is 0 Å². The highest BCUT2D eigenvalue weighted by molar-refractivity contribution is 6.05. The quantitative estimate of drug-likeness (QED) is 0.163. The van der Waals surface area contributed by atoms with Crippen molar-refractivity contribution in [3.63, 3.8) is 0 Å². The molecule has 7 nitrogen and oxygen atoms in total. The van der Waals surface area contributed by atoms with Crippen LogP contribution in [0.25, 0.3) is 84.5 Å². The fourth-order valence-corrected chi connectivity index (χ4v) is 7.13. The number of nitrogens with zero attached hydrogens (tertiary/aromatic N) is 6. The first-order valence-corrected chi connectivity index (χ1v) is 18.3. The van der Waals surface area contributed by atoms with E-state index in [1.807, 2.05) is 115 Å². The van der Waals surface area contributed by atoms with Gasteiger partial charge in [-0.3, -0.25) is 0 Å². The zero-order chi connectivity index (χ0) is 36.6. The lowest BCUT2D eigenvalue weighted by molar-refractivity contribution is 0.669. The van der Waals surface area contributed by atoms with Gasteiger partial charge in [-0.1, -0.05) is 152 Å². The van der Waals surface area contributed by atoms with E-state index in [0.29, 0.717) is 29.1 Å². The van der Waals surface area contributed by atoms with E-state index in [0.717, 1.165) is 67.6 Å². The van der Waals surface area contributed by atoms with Crippen LogP contribution in [0.15, 0.2) is 180 Å². The van der Waals surface area contributed by atoms with E-state index < -0.39 is 0 Å².